The van der Waals surface area contributed by atoms with Crippen LogP contribution in [-0.4, -0.2) is 70.0 Å². The Bertz CT molecular complexity index is 362. The minimum atomic E-state index is -4.09. The molecule has 150 valence electrons. The highest BCUT2D eigenvalue weighted by Gasteiger charge is 2.32. The van der Waals surface area contributed by atoms with Gasteiger partial charge in [-0.05, 0) is 51.6 Å². The van der Waals surface area contributed by atoms with Gasteiger partial charge in [0.25, 0.3) is 0 Å². The number of alkyl halides is 3. The number of hydrogen-bond donors (Lipinski definition) is 2. The van der Waals surface area contributed by atoms with Crippen LogP contribution in [0.25, 0.3) is 0 Å². The molecule has 0 aliphatic carbocycles. The van der Waals surface area contributed by atoms with E-state index in [0.717, 1.165) is 44.7 Å². The molecule has 5 nitrogen and oxygen atoms in total. The first kappa shape index (κ1) is 24.7. The number of guanidine groups is 1. The van der Waals surface area contributed by atoms with Crippen molar-refractivity contribution < 1.29 is 17.9 Å². The normalized spacial score (nSPS) is 17.2. The van der Waals surface area contributed by atoms with Crippen LogP contribution in [0, 0.1) is 5.92 Å². The van der Waals surface area contributed by atoms with Gasteiger partial charge in [0.1, 0.15) is 0 Å². The standard InChI is InChI=1S/C16H31F3N4O.HI/c1-3-20-15(21-8-4-12-24-2)22-9-5-14-6-10-23(11-7-14)13-16(17,18)19;/h14H,3-13H2,1-2H3,(H2,20,21,22);1H. The fourth-order valence-corrected chi connectivity index (χ4v) is 2.82. The van der Waals surface area contributed by atoms with Gasteiger partial charge in [0.2, 0.25) is 0 Å². The number of nitrogens with zero attached hydrogens (tertiary/aromatic N) is 2. The molecule has 1 aliphatic heterocycles. The van der Waals surface area contributed by atoms with Crippen LogP contribution < -0.4 is 10.6 Å². The van der Waals surface area contributed by atoms with Crippen molar-refractivity contribution in [2.75, 3.05) is 53.0 Å². The van der Waals surface area contributed by atoms with Crippen molar-refractivity contribution in [2.45, 2.75) is 38.8 Å². The Morgan fingerprint density at radius 2 is 1.92 bits per heavy atom. The predicted octanol–water partition coefficient (Wildman–Crippen LogP) is 2.86. The Morgan fingerprint density at radius 1 is 1.24 bits per heavy atom. The molecule has 0 aromatic heterocycles. The van der Waals surface area contributed by atoms with Crippen molar-refractivity contribution in [1.29, 1.82) is 0 Å². The van der Waals surface area contributed by atoms with Gasteiger partial charge in [-0.3, -0.25) is 9.89 Å². The second-order valence-electron chi connectivity index (χ2n) is 6.16. The maximum absolute atomic E-state index is 12.4. The van der Waals surface area contributed by atoms with E-state index >= 15 is 0 Å². The van der Waals surface area contributed by atoms with Gasteiger partial charge in [-0.15, -0.1) is 24.0 Å². The van der Waals surface area contributed by atoms with Crippen molar-refractivity contribution in [3.05, 3.63) is 0 Å². The van der Waals surface area contributed by atoms with E-state index in [2.05, 4.69) is 15.6 Å². The number of likely N-dealkylation sites (tertiary alicyclic amines) is 1. The molecule has 0 aromatic rings. The molecule has 0 radical (unpaired) electrons. The van der Waals surface area contributed by atoms with Gasteiger partial charge in [0.05, 0.1) is 6.54 Å². The molecule has 1 fully saturated rings. The molecular weight excluding hydrogens is 448 g/mol. The molecule has 0 spiro atoms. The van der Waals surface area contributed by atoms with Crippen LogP contribution in [0.3, 0.4) is 0 Å². The van der Waals surface area contributed by atoms with Gasteiger partial charge in [-0.1, -0.05) is 0 Å². The number of halogens is 4. The van der Waals surface area contributed by atoms with E-state index in [4.69, 9.17) is 4.74 Å². The molecule has 1 rings (SSSR count). The van der Waals surface area contributed by atoms with Crippen molar-refractivity contribution in [1.82, 2.24) is 15.5 Å². The number of ether oxygens (including phenoxy) is 1. The number of methoxy groups -OCH3 is 1. The van der Waals surface area contributed by atoms with E-state index in [-0.39, 0.29) is 24.0 Å². The zero-order valence-electron chi connectivity index (χ0n) is 15.2. The number of aliphatic imine (C=N–C) groups is 1. The second kappa shape index (κ2) is 13.9. The number of piperidine rings is 1. The molecular formula is C16H32F3IN4O. The highest BCUT2D eigenvalue weighted by Crippen LogP contribution is 2.23. The van der Waals surface area contributed by atoms with Crippen LogP contribution >= 0.6 is 24.0 Å². The molecule has 0 bridgehead atoms. The quantitative estimate of drug-likeness (QED) is 0.231. The first-order chi connectivity index (χ1) is 11.4. The smallest absolute Gasteiger partial charge is 0.385 e. The molecule has 9 heteroatoms. The Labute approximate surface area is 166 Å². The van der Waals surface area contributed by atoms with E-state index < -0.39 is 12.7 Å². The monoisotopic (exact) mass is 480 g/mol. The SMILES string of the molecule is CCNC(=NCCCOC)NCCC1CCN(CC(F)(F)F)CC1.I. The van der Waals surface area contributed by atoms with Crippen molar-refractivity contribution in [2.24, 2.45) is 10.9 Å². The van der Waals surface area contributed by atoms with Crippen LogP contribution in [0.1, 0.15) is 32.6 Å². The Balaban J connectivity index is 0.00000576. The lowest BCUT2D eigenvalue weighted by molar-refractivity contribution is -0.148. The van der Waals surface area contributed by atoms with Crippen LogP contribution in [0.15, 0.2) is 4.99 Å². The molecule has 0 atom stereocenters. The Morgan fingerprint density at radius 3 is 2.48 bits per heavy atom. The minimum Gasteiger partial charge on any atom is -0.385 e. The lowest BCUT2D eigenvalue weighted by atomic mass is 9.93. The highest BCUT2D eigenvalue weighted by atomic mass is 127. The summed E-state index contributed by atoms with van der Waals surface area (Å²) in [6.07, 6.45) is -0.583. The zero-order valence-corrected chi connectivity index (χ0v) is 17.5. The molecule has 1 aliphatic rings. The summed E-state index contributed by atoms with van der Waals surface area (Å²) in [6, 6.07) is 0. The maximum atomic E-state index is 12.4. The average molecular weight is 480 g/mol. The molecule has 2 N–H and O–H groups in total. The topological polar surface area (TPSA) is 48.9 Å². The summed E-state index contributed by atoms with van der Waals surface area (Å²) in [5.41, 5.74) is 0. The largest absolute Gasteiger partial charge is 0.401 e. The summed E-state index contributed by atoms with van der Waals surface area (Å²) in [6.45, 7) is 5.30. The molecule has 25 heavy (non-hydrogen) atoms. The van der Waals surface area contributed by atoms with Gasteiger partial charge in [-0.2, -0.15) is 13.2 Å². The fourth-order valence-electron chi connectivity index (χ4n) is 2.82. The van der Waals surface area contributed by atoms with Gasteiger partial charge in [-0.25, -0.2) is 0 Å². The summed E-state index contributed by atoms with van der Waals surface area (Å²) in [5, 5.41) is 6.49. The van der Waals surface area contributed by atoms with Crippen LogP contribution in [0.5, 0.6) is 0 Å². The van der Waals surface area contributed by atoms with Crippen LogP contribution in [-0.2, 0) is 4.74 Å². The van der Waals surface area contributed by atoms with Crippen LogP contribution in [0.2, 0.25) is 0 Å². The number of hydrogen-bond acceptors (Lipinski definition) is 3. The molecule has 0 aromatic carbocycles. The lowest BCUT2D eigenvalue weighted by Crippen LogP contribution is -2.41. The van der Waals surface area contributed by atoms with Gasteiger partial charge >= 0.3 is 6.18 Å². The van der Waals surface area contributed by atoms with E-state index in [1.54, 1.807) is 7.11 Å². The first-order valence-electron chi connectivity index (χ1n) is 8.74. The van der Waals surface area contributed by atoms with Gasteiger partial charge in [0, 0.05) is 33.4 Å². The summed E-state index contributed by atoms with van der Waals surface area (Å²) >= 11 is 0. The lowest BCUT2D eigenvalue weighted by Gasteiger charge is -2.32. The van der Waals surface area contributed by atoms with Crippen molar-refractivity contribution in [3.63, 3.8) is 0 Å². The van der Waals surface area contributed by atoms with Gasteiger partial charge < -0.3 is 15.4 Å². The maximum Gasteiger partial charge on any atom is 0.401 e. The number of nitrogens with one attached hydrogen (secondary N) is 2. The highest BCUT2D eigenvalue weighted by molar-refractivity contribution is 14.0. The van der Waals surface area contributed by atoms with Gasteiger partial charge in [0.15, 0.2) is 5.96 Å². The van der Waals surface area contributed by atoms with Crippen molar-refractivity contribution >= 4 is 29.9 Å². The summed E-state index contributed by atoms with van der Waals surface area (Å²) in [7, 11) is 1.67. The minimum absolute atomic E-state index is 0. The third kappa shape index (κ3) is 12.7. The Hall–Kier alpha value is -0.290. The Kier molecular flexibility index (Phi) is 13.7. The first-order valence-corrected chi connectivity index (χ1v) is 8.74. The number of rotatable bonds is 9. The molecule has 0 saturated carbocycles. The van der Waals surface area contributed by atoms with E-state index in [1.165, 1.54) is 4.90 Å². The summed E-state index contributed by atoms with van der Waals surface area (Å²) < 4.78 is 42.1. The van der Waals surface area contributed by atoms with E-state index in [9.17, 15) is 13.2 Å². The third-order valence-electron chi connectivity index (χ3n) is 4.08. The average Bonchev–Trinajstić information content (AvgIpc) is 2.52. The molecule has 1 heterocycles. The molecule has 0 unspecified atom stereocenters. The third-order valence-corrected chi connectivity index (χ3v) is 4.08. The van der Waals surface area contributed by atoms with Crippen molar-refractivity contribution in [3.8, 4) is 0 Å². The van der Waals surface area contributed by atoms with E-state index in [0.29, 0.717) is 32.2 Å². The molecule has 1 saturated heterocycles. The van der Waals surface area contributed by atoms with E-state index in [1.807, 2.05) is 6.92 Å². The zero-order chi connectivity index (χ0) is 17.8. The molecule has 0 amide bonds. The second-order valence-corrected chi connectivity index (χ2v) is 6.16. The fraction of sp³-hybridized carbons (Fsp3) is 0.938. The summed E-state index contributed by atoms with van der Waals surface area (Å²) in [5.74, 6) is 1.28. The van der Waals surface area contributed by atoms with Crippen LogP contribution in [0.4, 0.5) is 13.2 Å². The summed E-state index contributed by atoms with van der Waals surface area (Å²) in [4.78, 5) is 5.97. The predicted molar refractivity (Wildman–Crippen MR) is 106 cm³/mol.